The fraction of sp³-hybridized carbons (Fsp3) is 0.300. The van der Waals surface area contributed by atoms with Crippen LogP contribution in [0.15, 0.2) is 54.2 Å². The summed E-state index contributed by atoms with van der Waals surface area (Å²) in [6.45, 7) is 5.35. The van der Waals surface area contributed by atoms with E-state index in [-0.39, 0.29) is 0 Å². The van der Waals surface area contributed by atoms with E-state index < -0.39 is 0 Å². The molecule has 2 unspecified atom stereocenters. The molecule has 0 spiro atoms. The summed E-state index contributed by atoms with van der Waals surface area (Å²) in [6.07, 6.45) is 2.17. The number of benzene rings is 2. The number of anilines is 2. The minimum absolute atomic E-state index is 0.301. The summed E-state index contributed by atoms with van der Waals surface area (Å²) >= 11 is 0. The Morgan fingerprint density at radius 2 is 1.91 bits per heavy atom. The van der Waals surface area contributed by atoms with Crippen LogP contribution in [-0.4, -0.2) is 13.7 Å². The number of ether oxygens (including phenoxy) is 1. The highest BCUT2D eigenvalue weighted by molar-refractivity contribution is 5.75. The van der Waals surface area contributed by atoms with E-state index in [2.05, 4.69) is 72.7 Å². The van der Waals surface area contributed by atoms with Crippen molar-refractivity contribution >= 4 is 11.4 Å². The summed E-state index contributed by atoms with van der Waals surface area (Å²) in [5.41, 5.74) is 6.65. The topological polar surface area (TPSA) is 24.5 Å². The lowest BCUT2D eigenvalue weighted by molar-refractivity contribution is 0.414. The van der Waals surface area contributed by atoms with E-state index in [1.54, 1.807) is 7.11 Å². The van der Waals surface area contributed by atoms with Crippen molar-refractivity contribution in [3.05, 3.63) is 65.4 Å². The van der Waals surface area contributed by atoms with Gasteiger partial charge in [0.15, 0.2) is 0 Å². The Balaban J connectivity index is 2.01. The van der Waals surface area contributed by atoms with Crippen LogP contribution in [0.4, 0.5) is 11.4 Å². The molecule has 0 amide bonds. The van der Waals surface area contributed by atoms with Gasteiger partial charge in [0.1, 0.15) is 5.75 Å². The Morgan fingerprint density at radius 1 is 1.09 bits per heavy atom. The summed E-state index contributed by atoms with van der Waals surface area (Å²) < 4.78 is 5.48. The highest BCUT2D eigenvalue weighted by Gasteiger charge is 2.37. The highest BCUT2D eigenvalue weighted by atomic mass is 16.5. The van der Waals surface area contributed by atoms with Crippen LogP contribution in [0.5, 0.6) is 5.75 Å². The molecule has 2 aromatic rings. The number of fused-ring (bicyclic) bond motifs is 5. The Kier molecular flexibility index (Phi) is 3.29. The highest BCUT2D eigenvalue weighted by Crippen LogP contribution is 2.51. The van der Waals surface area contributed by atoms with E-state index in [0.717, 1.165) is 12.3 Å². The molecular weight excluding hydrogens is 284 g/mol. The SMILES string of the molecule is CCN1c2ccccc2C2NC=C(C)C2c2ccc(OC)cc21. The molecule has 4 rings (SSSR count). The van der Waals surface area contributed by atoms with Gasteiger partial charge >= 0.3 is 0 Å². The van der Waals surface area contributed by atoms with Gasteiger partial charge in [-0.2, -0.15) is 0 Å². The molecule has 3 nitrogen and oxygen atoms in total. The number of methoxy groups -OCH3 is 1. The predicted octanol–water partition coefficient (Wildman–Crippen LogP) is 4.50. The van der Waals surface area contributed by atoms with Crippen molar-refractivity contribution in [3.63, 3.8) is 0 Å². The van der Waals surface area contributed by atoms with Gasteiger partial charge in [-0.15, -0.1) is 0 Å². The fourth-order valence-electron chi connectivity index (χ4n) is 3.98. The molecule has 0 fully saturated rings. The smallest absolute Gasteiger partial charge is 0.120 e. The first kappa shape index (κ1) is 14.2. The predicted molar refractivity (Wildman–Crippen MR) is 94.5 cm³/mol. The van der Waals surface area contributed by atoms with Crippen molar-refractivity contribution in [2.24, 2.45) is 0 Å². The van der Waals surface area contributed by atoms with Crippen molar-refractivity contribution in [2.45, 2.75) is 25.8 Å². The van der Waals surface area contributed by atoms with Gasteiger partial charge in [0.25, 0.3) is 0 Å². The molecule has 0 saturated heterocycles. The molecule has 0 saturated carbocycles. The largest absolute Gasteiger partial charge is 0.497 e. The van der Waals surface area contributed by atoms with Crippen LogP contribution in [0, 0.1) is 0 Å². The number of nitrogens with zero attached hydrogens (tertiary/aromatic N) is 1. The average molecular weight is 306 g/mol. The van der Waals surface area contributed by atoms with Crippen LogP contribution in [0.1, 0.15) is 36.9 Å². The first-order valence-corrected chi connectivity index (χ1v) is 8.21. The summed E-state index contributed by atoms with van der Waals surface area (Å²) in [5.74, 6) is 1.28. The third kappa shape index (κ3) is 2.03. The first-order valence-electron chi connectivity index (χ1n) is 8.21. The average Bonchev–Trinajstić information content (AvgIpc) is 2.92. The summed E-state index contributed by atoms with van der Waals surface area (Å²) in [4.78, 5) is 2.40. The number of hydrogen-bond donors (Lipinski definition) is 1. The first-order chi connectivity index (χ1) is 11.2. The zero-order valence-electron chi connectivity index (χ0n) is 13.8. The summed E-state index contributed by atoms with van der Waals surface area (Å²) in [5, 5.41) is 3.60. The van der Waals surface area contributed by atoms with E-state index in [1.165, 1.54) is 28.1 Å². The molecule has 2 atom stereocenters. The van der Waals surface area contributed by atoms with Gasteiger partial charge in [0.05, 0.1) is 13.2 Å². The molecule has 23 heavy (non-hydrogen) atoms. The Bertz CT molecular complexity index is 781. The van der Waals surface area contributed by atoms with E-state index in [0.29, 0.717) is 12.0 Å². The van der Waals surface area contributed by atoms with Crippen molar-refractivity contribution in [1.82, 2.24) is 5.32 Å². The third-order valence-corrected chi connectivity index (χ3v) is 5.06. The molecular formula is C20H22N2O. The minimum atomic E-state index is 0.301. The molecule has 0 aliphatic carbocycles. The van der Waals surface area contributed by atoms with Gasteiger partial charge < -0.3 is 15.0 Å². The van der Waals surface area contributed by atoms with Gasteiger partial charge in [0, 0.05) is 29.9 Å². The molecule has 0 bridgehead atoms. The number of hydrogen-bond acceptors (Lipinski definition) is 3. The molecule has 0 radical (unpaired) electrons. The molecule has 3 heteroatoms. The van der Waals surface area contributed by atoms with Crippen LogP contribution in [0.25, 0.3) is 0 Å². The zero-order chi connectivity index (χ0) is 16.0. The lowest BCUT2D eigenvalue weighted by Crippen LogP contribution is -2.18. The molecule has 0 aromatic heterocycles. The van der Waals surface area contributed by atoms with E-state index in [4.69, 9.17) is 4.74 Å². The van der Waals surface area contributed by atoms with E-state index >= 15 is 0 Å². The van der Waals surface area contributed by atoms with Gasteiger partial charge in [-0.3, -0.25) is 0 Å². The quantitative estimate of drug-likeness (QED) is 0.884. The summed E-state index contributed by atoms with van der Waals surface area (Å²) in [7, 11) is 1.73. The maximum atomic E-state index is 5.48. The third-order valence-electron chi connectivity index (χ3n) is 5.06. The number of nitrogens with one attached hydrogen (secondary N) is 1. The van der Waals surface area contributed by atoms with Crippen molar-refractivity contribution in [2.75, 3.05) is 18.6 Å². The second-order valence-corrected chi connectivity index (χ2v) is 6.24. The maximum absolute atomic E-state index is 5.48. The van der Waals surface area contributed by atoms with Gasteiger partial charge in [-0.1, -0.05) is 24.3 Å². The van der Waals surface area contributed by atoms with Gasteiger partial charge in [-0.25, -0.2) is 0 Å². The molecule has 2 aliphatic heterocycles. The standard InChI is InChI=1S/C20H22N2O/c1-4-22-17-8-6-5-7-16(17)20-19(13(2)12-21-20)15-10-9-14(23-3)11-18(15)22/h5-12,19-21H,4H2,1-3H3. The normalized spacial score (nSPS) is 21.5. The van der Waals surface area contributed by atoms with Crippen LogP contribution < -0.4 is 15.0 Å². The number of para-hydroxylation sites is 1. The lowest BCUT2D eigenvalue weighted by Gasteiger charge is -2.26. The Morgan fingerprint density at radius 3 is 2.70 bits per heavy atom. The van der Waals surface area contributed by atoms with Gasteiger partial charge in [0.2, 0.25) is 0 Å². The van der Waals surface area contributed by atoms with Crippen LogP contribution in [0.3, 0.4) is 0 Å². The summed E-state index contributed by atoms with van der Waals surface area (Å²) in [6, 6.07) is 15.5. The molecule has 1 N–H and O–H groups in total. The Labute approximate surface area is 137 Å². The Hall–Kier alpha value is -2.42. The van der Waals surface area contributed by atoms with Crippen LogP contribution in [-0.2, 0) is 0 Å². The van der Waals surface area contributed by atoms with Crippen molar-refractivity contribution < 1.29 is 4.74 Å². The van der Waals surface area contributed by atoms with E-state index in [9.17, 15) is 0 Å². The second kappa shape index (κ2) is 5.34. The zero-order valence-corrected chi connectivity index (χ0v) is 13.8. The molecule has 2 aliphatic rings. The fourth-order valence-corrected chi connectivity index (χ4v) is 3.98. The minimum Gasteiger partial charge on any atom is -0.497 e. The second-order valence-electron chi connectivity index (χ2n) is 6.24. The van der Waals surface area contributed by atoms with Gasteiger partial charge in [-0.05, 0) is 48.9 Å². The van der Waals surface area contributed by atoms with E-state index in [1.807, 2.05) is 0 Å². The molecule has 2 aromatic carbocycles. The van der Waals surface area contributed by atoms with Crippen molar-refractivity contribution in [1.29, 1.82) is 0 Å². The number of rotatable bonds is 2. The lowest BCUT2D eigenvalue weighted by atomic mass is 9.85. The van der Waals surface area contributed by atoms with Crippen LogP contribution in [0.2, 0.25) is 0 Å². The maximum Gasteiger partial charge on any atom is 0.120 e. The van der Waals surface area contributed by atoms with Crippen LogP contribution >= 0.6 is 0 Å². The molecule has 118 valence electrons. The van der Waals surface area contributed by atoms with Crippen molar-refractivity contribution in [3.8, 4) is 5.75 Å². The molecule has 2 heterocycles. The monoisotopic (exact) mass is 306 g/mol.